The van der Waals surface area contributed by atoms with Crippen LogP contribution in [0, 0.1) is 5.92 Å². The fraction of sp³-hybridized carbons (Fsp3) is 0.533. The molecule has 0 radical (unpaired) electrons. The number of ether oxygens (including phenoxy) is 1. The molecule has 0 fully saturated rings. The van der Waals surface area contributed by atoms with Crippen molar-refractivity contribution in [3.63, 3.8) is 0 Å². The fourth-order valence-electron chi connectivity index (χ4n) is 2.46. The largest absolute Gasteiger partial charge is 0.493 e. The number of halogens is 1. The van der Waals surface area contributed by atoms with Gasteiger partial charge in [0.25, 0.3) is 0 Å². The van der Waals surface area contributed by atoms with E-state index in [1.807, 2.05) is 19.9 Å². The van der Waals surface area contributed by atoms with E-state index in [0.717, 1.165) is 28.6 Å². The highest BCUT2D eigenvalue weighted by molar-refractivity contribution is 9.10. The number of hydrogen-bond acceptors (Lipinski definition) is 3. The molecule has 2 N–H and O–H groups in total. The topological polar surface area (TPSA) is 58.6 Å². The van der Waals surface area contributed by atoms with Gasteiger partial charge in [-0.2, -0.15) is 0 Å². The van der Waals surface area contributed by atoms with Crippen molar-refractivity contribution in [2.75, 3.05) is 6.61 Å². The number of nitrogens with one attached hydrogen (secondary N) is 1. The molecule has 2 rings (SSSR count). The van der Waals surface area contributed by atoms with Crippen molar-refractivity contribution in [3.8, 4) is 5.75 Å². The van der Waals surface area contributed by atoms with Crippen molar-refractivity contribution in [2.45, 2.75) is 39.3 Å². The first-order valence-electron chi connectivity index (χ1n) is 6.93. The van der Waals surface area contributed by atoms with Crippen LogP contribution in [0.5, 0.6) is 5.75 Å². The number of hydrogen-bond donors (Lipinski definition) is 2. The minimum atomic E-state index is -0.799. The number of rotatable bonds is 6. The highest BCUT2D eigenvalue weighted by atomic mass is 79.9. The summed E-state index contributed by atoms with van der Waals surface area (Å²) in [6.07, 6.45) is 1.74. The molecule has 1 aromatic rings. The normalized spacial score (nSPS) is 16.4. The average Bonchev–Trinajstić information content (AvgIpc) is 2.85. The smallest absolute Gasteiger partial charge is 0.320 e. The molecule has 0 aliphatic carbocycles. The molecule has 4 nitrogen and oxygen atoms in total. The number of benzene rings is 1. The molecule has 1 aliphatic heterocycles. The van der Waals surface area contributed by atoms with Crippen LogP contribution in [0.3, 0.4) is 0 Å². The van der Waals surface area contributed by atoms with Gasteiger partial charge in [0, 0.05) is 23.0 Å². The van der Waals surface area contributed by atoms with E-state index < -0.39 is 12.0 Å². The van der Waals surface area contributed by atoms with Gasteiger partial charge >= 0.3 is 5.97 Å². The maximum atomic E-state index is 11.3. The molecular weight excluding hydrogens is 322 g/mol. The number of carboxylic acids is 1. The van der Waals surface area contributed by atoms with E-state index >= 15 is 0 Å². The monoisotopic (exact) mass is 341 g/mol. The first-order chi connectivity index (χ1) is 9.52. The predicted octanol–water partition coefficient (Wildman–Crippen LogP) is 2.97. The second kappa shape index (κ2) is 6.59. The van der Waals surface area contributed by atoms with Gasteiger partial charge in [0.15, 0.2) is 0 Å². The fourth-order valence-corrected chi connectivity index (χ4v) is 3.02. The van der Waals surface area contributed by atoms with Gasteiger partial charge in [-0.3, -0.25) is 10.1 Å². The van der Waals surface area contributed by atoms with Crippen LogP contribution in [0.2, 0.25) is 0 Å². The van der Waals surface area contributed by atoms with E-state index in [0.29, 0.717) is 13.2 Å². The highest BCUT2D eigenvalue weighted by Crippen LogP contribution is 2.33. The summed E-state index contributed by atoms with van der Waals surface area (Å²) >= 11 is 3.49. The summed E-state index contributed by atoms with van der Waals surface area (Å²) in [6, 6.07) is 3.53. The van der Waals surface area contributed by atoms with E-state index in [4.69, 9.17) is 4.74 Å². The number of carboxylic acid groups (broad SMARTS) is 1. The van der Waals surface area contributed by atoms with Gasteiger partial charge < -0.3 is 9.84 Å². The summed E-state index contributed by atoms with van der Waals surface area (Å²) in [5.74, 6) is 0.203. The molecule has 1 heterocycles. The van der Waals surface area contributed by atoms with E-state index in [9.17, 15) is 9.90 Å². The molecule has 110 valence electrons. The third-order valence-corrected chi connectivity index (χ3v) is 4.27. The van der Waals surface area contributed by atoms with Crippen molar-refractivity contribution >= 4 is 21.9 Å². The molecule has 20 heavy (non-hydrogen) atoms. The van der Waals surface area contributed by atoms with Gasteiger partial charge in [-0.25, -0.2) is 0 Å². The van der Waals surface area contributed by atoms with Gasteiger partial charge in [-0.1, -0.05) is 36.2 Å². The zero-order valence-corrected chi connectivity index (χ0v) is 13.4. The van der Waals surface area contributed by atoms with Crippen molar-refractivity contribution in [1.29, 1.82) is 0 Å². The zero-order chi connectivity index (χ0) is 14.7. The number of aliphatic carboxylic acids is 1. The summed E-state index contributed by atoms with van der Waals surface area (Å²) in [4.78, 5) is 11.3. The van der Waals surface area contributed by atoms with Crippen LogP contribution in [-0.2, 0) is 17.8 Å². The maximum Gasteiger partial charge on any atom is 0.320 e. The van der Waals surface area contributed by atoms with Crippen LogP contribution >= 0.6 is 15.9 Å². The SMILES string of the molecule is CC[C@H](C)[C@H](NCc1cc(Br)cc2c1OCC2)C(=O)O. The Morgan fingerprint density at radius 1 is 1.55 bits per heavy atom. The molecule has 0 aromatic heterocycles. The van der Waals surface area contributed by atoms with E-state index in [2.05, 4.69) is 27.3 Å². The highest BCUT2D eigenvalue weighted by Gasteiger charge is 2.24. The maximum absolute atomic E-state index is 11.3. The van der Waals surface area contributed by atoms with E-state index in [1.54, 1.807) is 0 Å². The molecule has 1 aliphatic rings. The van der Waals surface area contributed by atoms with Crippen molar-refractivity contribution < 1.29 is 14.6 Å². The van der Waals surface area contributed by atoms with Crippen LogP contribution in [0.4, 0.5) is 0 Å². The Labute approximate surface area is 127 Å². The Hall–Kier alpha value is -1.07. The molecule has 0 saturated heterocycles. The summed E-state index contributed by atoms with van der Waals surface area (Å²) in [6.45, 7) is 5.16. The molecule has 5 heteroatoms. The van der Waals surface area contributed by atoms with Crippen LogP contribution < -0.4 is 10.1 Å². The predicted molar refractivity (Wildman–Crippen MR) is 81.1 cm³/mol. The van der Waals surface area contributed by atoms with Crippen molar-refractivity contribution in [1.82, 2.24) is 5.32 Å². The van der Waals surface area contributed by atoms with Crippen LogP contribution in [0.25, 0.3) is 0 Å². The van der Waals surface area contributed by atoms with Gasteiger partial charge in [0.1, 0.15) is 11.8 Å². The zero-order valence-electron chi connectivity index (χ0n) is 11.8. The lowest BCUT2D eigenvalue weighted by Gasteiger charge is -2.21. The molecule has 0 amide bonds. The summed E-state index contributed by atoms with van der Waals surface area (Å²) in [7, 11) is 0. The van der Waals surface area contributed by atoms with Crippen LogP contribution in [0.1, 0.15) is 31.4 Å². The second-order valence-electron chi connectivity index (χ2n) is 5.23. The molecule has 0 unspecified atom stereocenters. The van der Waals surface area contributed by atoms with Crippen LogP contribution in [-0.4, -0.2) is 23.7 Å². The average molecular weight is 342 g/mol. The third kappa shape index (κ3) is 3.33. The van der Waals surface area contributed by atoms with E-state index in [1.165, 1.54) is 5.56 Å². The molecule has 0 saturated carbocycles. The Morgan fingerprint density at radius 2 is 2.30 bits per heavy atom. The summed E-state index contributed by atoms with van der Waals surface area (Å²) in [5, 5.41) is 12.4. The molecular formula is C15H20BrNO3. The lowest BCUT2D eigenvalue weighted by molar-refractivity contribution is -0.140. The van der Waals surface area contributed by atoms with Gasteiger partial charge in [-0.15, -0.1) is 0 Å². The molecule has 2 atom stereocenters. The summed E-state index contributed by atoms with van der Waals surface area (Å²) < 4.78 is 6.66. The Kier molecular flexibility index (Phi) is 5.05. The Morgan fingerprint density at radius 3 is 2.95 bits per heavy atom. The van der Waals surface area contributed by atoms with Gasteiger partial charge in [-0.05, 0) is 23.6 Å². The number of fused-ring (bicyclic) bond motifs is 1. The Balaban J connectivity index is 2.12. The third-order valence-electron chi connectivity index (χ3n) is 3.82. The minimum Gasteiger partial charge on any atom is -0.493 e. The van der Waals surface area contributed by atoms with Crippen molar-refractivity contribution in [2.24, 2.45) is 5.92 Å². The molecule has 1 aromatic carbocycles. The van der Waals surface area contributed by atoms with Gasteiger partial charge in [0.05, 0.1) is 6.61 Å². The number of carbonyl (C=O) groups is 1. The standard InChI is InChI=1S/C15H20BrNO3/c1-3-9(2)13(15(18)19)17-8-11-7-12(16)6-10-4-5-20-14(10)11/h6-7,9,13,17H,3-5,8H2,1-2H3,(H,18,19)/t9-,13-/m0/s1. The quantitative estimate of drug-likeness (QED) is 0.835. The molecule has 0 bridgehead atoms. The first kappa shape index (κ1) is 15.3. The minimum absolute atomic E-state index is 0.0913. The lowest BCUT2D eigenvalue weighted by Crippen LogP contribution is -2.41. The van der Waals surface area contributed by atoms with Gasteiger partial charge in [0.2, 0.25) is 0 Å². The Bertz CT molecular complexity index is 504. The lowest BCUT2D eigenvalue weighted by atomic mass is 9.99. The van der Waals surface area contributed by atoms with E-state index in [-0.39, 0.29) is 5.92 Å². The van der Waals surface area contributed by atoms with Crippen LogP contribution in [0.15, 0.2) is 16.6 Å². The molecule has 0 spiro atoms. The first-order valence-corrected chi connectivity index (χ1v) is 7.72. The van der Waals surface area contributed by atoms with Crippen molar-refractivity contribution in [3.05, 3.63) is 27.7 Å². The summed E-state index contributed by atoms with van der Waals surface area (Å²) in [5.41, 5.74) is 2.20. The second-order valence-corrected chi connectivity index (χ2v) is 6.15.